The van der Waals surface area contributed by atoms with Crippen LogP contribution >= 0.6 is 0 Å². The quantitative estimate of drug-likeness (QED) is 0.683. The molecule has 0 heterocycles. The Balaban J connectivity index is 0.00000128. The summed E-state index contributed by atoms with van der Waals surface area (Å²) < 4.78 is 37.4. The van der Waals surface area contributed by atoms with E-state index in [0.29, 0.717) is 10.8 Å². The summed E-state index contributed by atoms with van der Waals surface area (Å²) in [6, 6.07) is 8.72. The molecular formula is C10H7BF3KO. The first kappa shape index (κ1) is 14.1. The van der Waals surface area contributed by atoms with Crippen molar-refractivity contribution in [2.24, 2.45) is 0 Å². The molecule has 0 unspecified atom stereocenters. The van der Waals surface area contributed by atoms with Crippen molar-refractivity contribution in [1.29, 1.82) is 0 Å². The average molecular weight is 250 g/mol. The molecule has 0 radical (unpaired) electrons. The molecule has 0 aliphatic rings. The van der Waals surface area contributed by atoms with Crippen LogP contribution in [0.3, 0.4) is 0 Å². The summed E-state index contributed by atoms with van der Waals surface area (Å²) in [5, 5.41) is 10.3. The molecule has 6 heteroatoms. The molecule has 1 N–H and O–H groups in total. The molecule has 78 valence electrons. The van der Waals surface area contributed by atoms with E-state index in [1.807, 2.05) is 0 Å². The first-order chi connectivity index (χ1) is 6.98. The Hall–Kier alpha value is -0.00870. The summed E-state index contributed by atoms with van der Waals surface area (Å²) in [6.45, 7) is -5.16. The van der Waals surface area contributed by atoms with Gasteiger partial charge < -0.3 is 18.1 Å². The normalized spacial score (nSPS) is 11.2. The van der Waals surface area contributed by atoms with Gasteiger partial charge >= 0.3 is 58.4 Å². The van der Waals surface area contributed by atoms with Crippen molar-refractivity contribution >= 4 is 23.2 Å². The number of fused-ring (bicyclic) bond motifs is 1. The summed E-state index contributed by atoms with van der Waals surface area (Å²) in [7, 11) is 0. The number of aromatic hydroxyl groups is 1. The van der Waals surface area contributed by atoms with Gasteiger partial charge in [-0.25, -0.2) is 0 Å². The number of halogens is 3. The molecule has 0 aliphatic heterocycles. The molecular weight excluding hydrogens is 243 g/mol. The molecule has 0 aliphatic carbocycles. The minimum absolute atomic E-state index is 0. The molecule has 0 spiro atoms. The van der Waals surface area contributed by atoms with Crippen LogP contribution in [0, 0.1) is 0 Å². The van der Waals surface area contributed by atoms with E-state index in [1.54, 1.807) is 24.3 Å². The number of hydrogen-bond donors (Lipinski definition) is 1. The second-order valence-corrected chi connectivity index (χ2v) is 3.33. The van der Waals surface area contributed by atoms with Crippen LogP contribution in [-0.4, -0.2) is 12.1 Å². The van der Waals surface area contributed by atoms with E-state index in [1.165, 1.54) is 0 Å². The van der Waals surface area contributed by atoms with Gasteiger partial charge in [-0.2, -0.15) is 0 Å². The first-order valence-electron chi connectivity index (χ1n) is 4.40. The molecule has 0 saturated heterocycles. The van der Waals surface area contributed by atoms with E-state index < -0.39 is 18.2 Å². The Morgan fingerprint density at radius 2 is 1.44 bits per heavy atom. The first-order valence-corrected chi connectivity index (χ1v) is 4.40. The van der Waals surface area contributed by atoms with Gasteiger partial charge in [0.2, 0.25) is 0 Å². The third-order valence-electron chi connectivity index (χ3n) is 2.25. The van der Waals surface area contributed by atoms with Gasteiger partial charge in [-0.1, -0.05) is 35.8 Å². The van der Waals surface area contributed by atoms with Crippen molar-refractivity contribution < 1.29 is 69.4 Å². The Bertz CT molecular complexity index is 513. The monoisotopic (exact) mass is 250 g/mol. The minimum atomic E-state index is -5.16. The third kappa shape index (κ3) is 2.81. The van der Waals surface area contributed by atoms with E-state index in [4.69, 9.17) is 0 Å². The molecule has 0 fully saturated rings. The zero-order chi connectivity index (χ0) is 11.1. The summed E-state index contributed by atoms with van der Waals surface area (Å²) in [4.78, 5) is 0. The Morgan fingerprint density at radius 1 is 0.938 bits per heavy atom. The number of phenols is 1. The SMILES string of the molecule is Oc1cc2ccccc2cc1[B-](F)(F)F.[K+]. The maximum Gasteiger partial charge on any atom is 1.00 e. The summed E-state index contributed by atoms with van der Waals surface area (Å²) in [5.41, 5.74) is -0.936. The van der Waals surface area contributed by atoms with Crippen LogP contribution in [0.1, 0.15) is 0 Å². The second kappa shape index (κ2) is 5.10. The molecule has 2 aromatic rings. The van der Waals surface area contributed by atoms with Gasteiger partial charge in [0, 0.05) is 0 Å². The van der Waals surface area contributed by atoms with E-state index in [-0.39, 0.29) is 51.4 Å². The van der Waals surface area contributed by atoms with Gasteiger partial charge in [0.05, 0.1) is 5.75 Å². The fraction of sp³-hybridized carbons (Fsp3) is 0. The fourth-order valence-corrected chi connectivity index (χ4v) is 1.51. The maximum absolute atomic E-state index is 12.5. The van der Waals surface area contributed by atoms with Crippen molar-refractivity contribution in [1.82, 2.24) is 0 Å². The summed E-state index contributed by atoms with van der Waals surface area (Å²) in [5.74, 6) is -0.707. The second-order valence-electron chi connectivity index (χ2n) is 3.33. The fourth-order valence-electron chi connectivity index (χ4n) is 1.51. The maximum atomic E-state index is 12.5. The number of rotatable bonds is 1. The molecule has 0 aromatic heterocycles. The largest absolute Gasteiger partial charge is 1.00 e. The van der Waals surface area contributed by atoms with Gasteiger partial charge in [-0.05, 0) is 16.8 Å². The molecule has 2 aromatic carbocycles. The van der Waals surface area contributed by atoms with Crippen LogP contribution in [0.15, 0.2) is 36.4 Å². The van der Waals surface area contributed by atoms with Crippen LogP contribution in [0.5, 0.6) is 5.75 Å². The molecule has 16 heavy (non-hydrogen) atoms. The Kier molecular flexibility index (Phi) is 4.48. The van der Waals surface area contributed by atoms with Crippen LogP contribution in [-0.2, 0) is 0 Å². The van der Waals surface area contributed by atoms with Gasteiger partial charge in [0.15, 0.2) is 0 Å². The smallest absolute Gasteiger partial charge is 0.511 e. The minimum Gasteiger partial charge on any atom is -0.511 e. The van der Waals surface area contributed by atoms with E-state index in [9.17, 15) is 18.1 Å². The van der Waals surface area contributed by atoms with E-state index >= 15 is 0 Å². The zero-order valence-electron chi connectivity index (χ0n) is 8.62. The molecule has 2 rings (SSSR count). The number of hydrogen-bond acceptors (Lipinski definition) is 1. The Morgan fingerprint density at radius 3 is 1.94 bits per heavy atom. The summed E-state index contributed by atoms with van der Waals surface area (Å²) >= 11 is 0. The predicted molar refractivity (Wildman–Crippen MR) is 54.3 cm³/mol. The van der Waals surface area contributed by atoms with E-state index in [2.05, 4.69) is 0 Å². The van der Waals surface area contributed by atoms with Crippen LogP contribution in [0.4, 0.5) is 12.9 Å². The molecule has 1 nitrogen and oxygen atoms in total. The molecule has 0 atom stereocenters. The third-order valence-corrected chi connectivity index (χ3v) is 2.25. The standard InChI is InChI=1S/C10H7BF3O.K/c12-11(13,14)9-5-7-3-1-2-4-8(7)6-10(9)15;/h1-6,15H;/q-1;+1. The molecule has 0 bridgehead atoms. The van der Waals surface area contributed by atoms with Gasteiger partial charge in [-0.15, -0.1) is 0 Å². The van der Waals surface area contributed by atoms with Crippen LogP contribution in [0.2, 0.25) is 0 Å². The zero-order valence-corrected chi connectivity index (χ0v) is 11.7. The van der Waals surface area contributed by atoms with Crippen molar-refractivity contribution in [3.63, 3.8) is 0 Å². The van der Waals surface area contributed by atoms with E-state index in [0.717, 1.165) is 12.1 Å². The molecule has 0 amide bonds. The van der Waals surface area contributed by atoms with Gasteiger partial charge in [0.1, 0.15) is 0 Å². The average Bonchev–Trinajstić information content (AvgIpc) is 2.15. The van der Waals surface area contributed by atoms with Crippen LogP contribution < -0.4 is 56.8 Å². The van der Waals surface area contributed by atoms with Crippen molar-refractivity contribution in [3.8, 4) is 5.75 Å². The van der Waals surface area contributed by atoms with Crippen molar-refractivity contribution in [3.05, 3.63) is 36.4 Å². The predicted octanol–water partition coefficient (Wildman–Crippen LogP) is -0.396. The number of benzene rings is 2. The number of phenolic OH excluding ortho intramolecular Hbond substituents is 1. The topological polar surface area (TPSA) is 20.2 Å². The molecule has 0 saturated carbocycles. The van der Waals surface area contributed by atoms with Gasteiger partial charge in [0.25, 0.3) is 0 Å². The van der Waals surface area contributed by atoms with Crippen molar-refractivity contribution in [2.45, 2.75) is 0 Å². The van der Waals surface area contributed by atoms with Crippen molar-refractivity contribution in [2.75, 3.05) is 0 Å². The van der Waals surface area contributed by atoms with Gasteiger partial charge in [-0.3, -0.25) is 0 Å². The Labute approximate surface area is 133 Å². The van der Waals surface area contributed by atoms with Crippen LogP contribution in [0.25, 0.3) is 10.8 Å². The summed E-state index contributed by atoms with van der Waals surface area (Å²) in [6.07, 6.45) is 0.